The second-order valence-corrected chi connectivity index (χ2v) is 4.41. The van der Waals surface area contributed by atoms with Gasteiger partial charge in [-0.15, -0.1) is 0 Å². The maximum Gasteiger partial charge on any atom is 0.0736 e. The van der Waals surface area contributed by atoms with Crippen LogP contribution in [0, 0.1) is 62.7 Å². The smallest absolute Gasteiger partial charge is 0.0736 e. The molecular formula is C14H15NO. The first-order valence-electron chi connectivity index (χ1n) is 5.72. The fourth-order valence-corrected chi connectivity index (χ4v) is 2.51. The van der Waals surface area contributed by atoms with Crippen molar-refractivity contribution >= 4 is 0 Å². The van der Waals surface area contributed by atoms with Crippen LogP contribution in [0.5, 0.6) is 0 Å². The highest BCUT2D eigenvalue weighted by atomic mass is 16.3. The Balaban J connectivity index is 1.61. The molecule has 3 rings (SSSR count). The van der Waals surface area contributed by atoms with Crippen LogP contribution in [-0.2, 0) is 0 Å². The minimum atomic E-state index is -0.346. The molecule has 1 heterocycles. The van der Waals surface area contributed by atoms with E-state index >= 15 is 0 Å². The Labute approximate surface area is 98.8 Å². The molecule has 3 fully saturated rings. The highest BCUT2D eigenvalue weighted by Gasteiger charge is 2.43. The van der Waals surface area contributed by atoms with Crippen molar-refractivity contribution in [2.75, 3.05) is 6.54 Å². The summed E-state index contributed by atoms with van der Waals surface area (Å²) in [5, 5.41) is 13.2. The van der Waals surface area contributed by atoms with Crippen molar-refractivity contribution in [2.45, 2.75) is 18.6 Å². The van der Waals surface area contributed by atoms with Gasteiger partial charge in [-0.05, 0) is 57.3 Å². The molecule has 0 spiro atoms. The number of nitrogens with one attached hydrogen (secondary N) is 1. The van der Waals surface area contributed by atoms with Crippen molar-refractivity contribution in [2.24, 2.45) is 0 Å². The third-order valence-electron chi connectivity index (χ3n) is 3.35. The molecule has 3 aliphatic rings. The van der Waals surface area contributed by atoms with Gasteiger partial charge in [0.1, 0.15) is 0 Å². The van der Waals surface area contributed by atoms with E-state index in [0.29, 0.717) is 12.6 Å². The quantitative estimate of drug-likeness (QED) is 0.714. The van der Waals surface area contributed by atoms with E-state index in [9.17, 15) is 5.11 Å². The van der Waals surface area contributed by atoms with Crippen LogP contribution >= 0.6 is 0 Å². The van der Waals surface area contributed by atoms with Crippen LogP contribution in [0.15, 0.2) is 0 Å². The molecule has 2 atom stereocenters. The van der Waals surface area contributed by atoms with Gasteiger partial charge in [0.25, 0.3) is 0 Å². The molecule has 2 unspecified atom stereocenters. The third-order valence-corrected chi connectivity index (χ3v) is 3.35. The fraction of sp³-hybridized carbons (Fsp3) is 0.286. The van der Waals surface area contributed by atoms with Gasteiger partial charge >= 0.3 is 0 Å². The summed E-state index contributed by atoms with van der Waals surface area (Å²) in [5.74, 6) is 3.69. The van der Waals surface area contributed by atoms with Gasteiger partial charge in [0, 0.05) is 24.4 Å². The number of β-amino-alcohol motifs (C(OH)–C–C–N with tert-alkyl or cyclic N) is 1. The van der Waals surface area contributed by atoms with Crippen molar-refractivity contribution in [3.63, 3.8) is 0 Å². The molecular weight excluding hydrogens is 198 g/mol. The first-order valence-corrected chi connectivity index (χ1v) is 5.72. The molecule has 0 aromatic carbocycles. The molecule has 82 valence electrons. The van der Waals surface area contributed by atoms with Gasteiger partial charge in [-0.1, -0.05) is 0 Å². The molecule has 0 aromatic heterocycles. The first-order chi connectivity index (χ1) is 7.84. The van der Waals surface area contributed by atoms with E-state index in [4.69, 9.17) is 0 Å². The van der Waals surface area contributed by atoms with Crippen LogP contribution in [0.25, 0.3) is 0 Å². The number of aliphatic hydroxyl groups is 1. The Morgan fingerprint density at radius 1 is 1.06 bits per heavy atom. The molecule has 2 saturated carbocycles. The van der Waals surface area contributed by atoms with Crippen LogP contribution in [0.4, 0.5) is 0 Å². The molecule has 2 N–H and O–H groups in total. The van der Waals surface area contributed by atoms with Crippen LogP contribution in [0.1, 0.15) is 6.42 Å². The lowest BCUT2D eigenvalue weighted by atomic mass is 9.78. The number of hydrogen-bond acceptors (Lipinski definition) is 2. The summed E-state index contributed by atoms with van der Waals surface area (Å²) in [6.45, 7) is 0.655. The maximum absolute atomic E-state index is 9.83. The lowest BCUT2D eigenvalue weighted by Crippen LogP contribution is -2.50. The van der Waals surface area contributed by atoms with E-state index in [1.807, 2.05) is 12.8 Å². The van der Waals surface area contributed by atoms with Crippen LogP contribution in [0.3, 0.4) is 0 Å². The zero-order chi connectivity index (χ0) is 11.0. The molecule has 2 aliphatic carbocycles. The lowest BCUT2D eigenvalue weighted by Gasteiger charge is -2.38. The van der Waals surface area contributed by atoms with E-state index < -0.39 is 0 Å². The first kappa shape index (κ1) is 11.0. The summed E-state index contributed by atoms with van der Waals surface area (Å²) < 4.78 is 0. The van der Waals surface area contributed by atoms with Crippen molar-refractivity contribution in [1.82, 2.24) is 5.32 Å². The summed E-state index contributed by atoms with van der Waals surface area (Å²) >= 11 is 0. The highest BCUT2D eigenvalue weighted by Crippen LogP contribution is 2.43. The summed E-state index contributed by atoms with van der Waals surface area (Å²) in [6.07, 6.45) is 15.2. The van der Waals surface area contributed by atoms with E-state index in [-0.39, 0.29) is 6.10 Å². The minimum absolute atomic E-state index is 0.343. The fourth-order valence-electron chi connectivity index (χ4n) is 2.51. The largest absolute Gasteiger partial charge is 0.391 e. The SMILES string of the molecule is OC1CNC(C[C]2[CH][CH][CH][CH]2)[C]2[CH][CH][CH][C]21. The van der Waals surface area contributed by atoms with Crippen LogP contribution in [-0.4, -0.2) is 23.8 Å². The van der Waals surface area contributed by atoms with Crippen molar-refractivity contribution in [1.29, 1.82) is 0 Å². The van der Waals surface area contributed by atoms with Gasteiger partial charge in [-0.2, -0.15) is 0 Å². The number of fused-ring (bicyclic) bond motifs is 1. The Kier molecular flexibility index (Phi) is 3.21. The number of hydrogen-bond donors (Lipinski definition) is 2. The average Bonchev–Trinajstić information content (AvgIpc) is 2.92. The maximum atomic E-state index is 9.83. The summed E-state index contributed by atoms with van der Waals surface area (Å²) in [6, 6.07) is 0.343. The topological polar surface area (TPSA) is 32.3 Å². The zero-order valence-electron chi connectivity index (χ0n) is 9.06. The Morgan fingerprint density at radius 2 is 1.81 bits per heavy atom. The van der Waals surface area contributed by atoms with Crippen molar-refractivity contribution < 1.29 is 5.11 Å². The number of piperidine rings is 1. The van der Waals surface area contributed by atoms with Crippen LogP contribution in [0.2, 0.25) is 0 Å². The molecule has 0 bridgehead atoms. The minimum Gasteiger partial charge on any atom is -0.391 e. The van der Waals surface area contributed by atoms with E-state index in [1.54, 1.807) is 0 Å². The summed E-state index contributed by atoms with van der Waals surface area (Å²) in [7, 11) is 0. The molecule has 0 aromatic rings. The second kappa shape index (κ2) is 4.66. The lowest BCUT2D eigenvalue weighted by molar-refractivity contribution is 0.166. The molecule has 1 saturated heterocycles. The van der Waals surface area contributed by atoms with Gasteiger partial charge in [0.2, 0.25) is 0 Å². The summed E-state index contributed by atoms with van der Waals surface area (Å²) in [5.41, 5.74) is 0. The normalized spacial score (nSPS) is 38.1. The average molecular weight is 213 g/mol. The Bertz CT molecular complexity index is 237. The number of rotatable bonds is 2. The van der Waals surface area contributed by atoms with Crippen molar-refractivity contribution in [3.05, 3.63) is 62.7 Å². The van der Waals surface area contributed by atoms with Gasteiger partial charge < -0.3 is 10.4 Å². The zero-order valence-corrected chi connectivity index (χ0v) is 9.06. The third kappa shape index (κ3) is 2.02. The van der Waals surface area contributed by atoms with Crippen LogP contribution < -0.4 is 5.32 Å². The van der Waals surface area contributed by atoms with Gasteiger partial charge in [-0.3, -0.25) is 0 Å². The predicted molar refractivity (Wildman–Crippen MR) is 62.2 cm³/mol. The standard InChI is InChI=1S/C14H15NO/c16-14-9-15-13(8-10-4-1-2-5-10)11-6-3-7-12(11)14/h1-7,13-16H,8-9H2. The second-order valence-electron chi connectivity index (χ2n) is 4.41. The molecule has 2 heteroatoms. The van der Waals surface area contributed by atoms with Gasteiger partial charge in [0.05, 0.1) is 6.10 Å². The Morgan fingerprint density at radius 3 is 2.62 bits per heavy atom. The highest BCUT2D eigenvalue weighted by molar-refractivity contribution is 5.51. The molecule has 16 heavy (non-hydrogen) atoms. The molecule has 0 amide bonds. The van der Waals surface area contributed by atoms with Gasteiger partial charge in [-0.25, -0.2) is 0 Å². The monoisotopic (exact) mass is 213 g/mol. The van der Waals surface area contributed by atoms with Gasteiger partial charge in [0.15, 0.2) is 0 Å². The molecule has 10 radical (unpaired) electrons. The predicted octanol–water partition coefficient (Wildman–Crippen LogP) is 0.890. The van der Waals surface area contributed by atoms with E-state index in [1.165, 1.54) is 11.8 Å². The van der Waals surface area contributed by atoms with E-state index in [0.717, 1.165) is 12.3 Å². The molecule has 2 nitrogen and oxygen atoms in total. The van der Waals surface area contributed by atoms with E-state index in [2.05, 4.69) is 37.4 Å². The molecule has 1 aliphatic heterocycles. The summed E-state index contributed by atoms with van der Waals surface area (Å²) in [4.78, 5) is 0. The Hall–Kier alpha value is -0.0800. The van der Waals surface area contributed by atoms with Crippen molar-refractivity contribution in [3.8, 4) is 0 Å². The number of aliphatic hydroxyl groups excluding tert-OH is 1.